The van der Waals surface area contributed by atoms with E-state index in [9.17, 15) is 19.8 Å². The van der Waals surface area contributed by atoms with Crippen molar-refractivity contribution < 1.29 is 24.5 Å². The van der Waals surface area contributed by atoms with Crippen LogP contribution in [0.3, 0.4) is 0 Å². The van der Waals surface area contributed by atoms with E-state index in [2.05, 4.69) is 13.8 Å². The number of aliphatic hydroxyl groups is 2. The summed E-state index contributed by atoms with van der Waals surface area (Å²) in [4.78, 5) is 24.7. The van der Waals surface area contributed by atoms with Gasteiger partial charge in [0.1, 0.15) is 0 Å². The van der Waals surface area contributed by atoms with Crippen molar-refractivity contribution in [2.75, 3.05) is 0 Å². The van der Waals surface area contributed by atoms with E-state index in [4.69, 9.17) is 4.74 Å². The van der Waals surface area contributed by atoms with Gasteiger partial charge in [0.15, 0.2) is 0 Å². The van der Waals surface area contributed by atoms with Gasteiger partial charge >= 0.3 is 11.9 Å². The van der Waals surface area contributed by atoms with Gasteiger partial charge in [-0.1, -0.05) is 155 Å². The van der Waals surface area contributed by atoms with Gasteiger partial charge in [-0.2, -0.15) is 0 Å². The van der Waals surface area contributed by atoms with E-state index in [-0.39, 0.29) is 11.1 Å². The van der Waals surface area contributed by atoms with E-state index in [1.54, 1.807) is 0 Å². The van der Waals surface area contributed by atoms with Crippen molar-refractivity contribution in [1.82, 2.24) is 0 Å². The third-order valence-electron chi connectivity index (χ3n) is 7.62. The summed E-state index contributed by atoms with van der Waals surface area (Å²) in [5.41, 5.74) is 0.219. The first-order chi connectivity index (χ1) is 19.1. The summed E-state index contributed by atoms with van der Waals surface area (Å²) in [7, 11) is 0. The molecule has 228 valence electrons. The van der Waals surface area contributed by atoms with Crippen LogP contribution in [0.4, 0.5) is 0 Å². The zero-order valence-corrected chi connectivity index (χ0v) is 25.7. The lowest BCUT2D eigenvalue weighted by atomic mass is 10.0. The predicted octanol–water partition coefficient (Wildman–Crippen LogP) is 11.1. The molecule has 0 radical (unpaired) electrons. The average molecular weight is 551 g/mol. The highest BCUT2D eigenvalue weighted by atomic mass is 16.6. The average Bonchev–Trinajstić information content (AvgIpc) is 2.93. The van der Waals surface area contributed by atoms with Gasteiger partial charge in [-0.3, -0.25) is 0 Å². The maximum absolute atomic E-state index is 12.3. The van der Waals surface area contributed by atoms with Crippen LogP contribution in [0.15, 0.2) is 23.7 Å². The molecule has 0 aliphatic heterocycles. The molecule has 39 heavy (non-hydrogen) atoms. The largest absolute Gasteiger partial charge is 0.515 e. The number of aliphatic hydroxyl groups excluding tert-OH is 2. The molecular weight excluding hydrogens is 488 g/mol. The molecule has 5 heteroatoms. The van der Waals surface area contributed by atoms with Gasteiger partial charge in [-0.25, -0.2) is 9.59 Å². The lowest BCUT2D eigenvalue weighted by Gasteiger charge is -2.08. The van der Waals surface area contributed by atoms with Gasteiger partial charge in [0.25, 0.3) is 0 Å². The summed E-state index contributed by atoms with van der Waals surface area (Å²) in [6.07, 6.45) is 31.6. The maximum Gasteiger partial charge on any atom is 0.344 e. The monoisotopic (exact) mass is 550 g/mol. The van der Waals surface area contributed by atoms with Crippen molar-refractivity contribution in [3.05, 3.63) is 23.7 Å². The van der Waals surface area contributed by atoms with Crippen molar-refractivity contribution in [2.24, 2.45) is 0 Å². The number of unbranched alkanes of at least 4 members (excludes halogenated alkanes) is 22. The zero-order chi connectivity index (χ0) is 28.8. The van der Waals surface area contributed by atoms with Crippen molar-refractivity contribution in [3.63, 3.8) is 0 Å². The Morgan fingerprint density at radius 2 is 0.667 bits per heavy atom. The molecule has 0 aliphatic carbocycles. The van der Waals surface area contributed by atoms with Gasteiger partial charge in [-0.15, -0.1) is 0 Å². The fourth-order valence-corrected chi connectivity index (χ4v) is 4.97. The summed E-state index contributed by atoms with van der Waals surface area (Å²) in [6, 6.07) is 0. The molecule has 0 aromatic heterocycles. The van der Waals surface area contributed by atoms with Gasteiger partial charge in [0, 0.05) is 0 Å². The lowest BCUT2D eigenvalue weighted by Crippen LogP contribution is -2.16. The number of carbonyl (C=O) groups excluding carboxylic acids is 2. The molecule has 0 aromatic carbocycles. The summed E-state index contributed by atoms with van der Waals surface area (Å²) < 4.78 is 4.94. The van der Waals surface area contributed by atoms with Gasteiger partial charge in [-0.05, 0) is 25.7 Å². The molecule has 0 atom stereocenters. The van der Waals surface area contributed by atoms with E-state index in [1.807, 2.05) is 0 Å². The number of ether oxygens (including phenoxy) is 1. The molecule has 0 saturated carbocycles. The Kier molecular flexibility index (Phi) is 27.9. The Morgan fingerprint density at radius 1 is 0.436 bits per heavy atom. The highest BCUT2D eigenvalue weighted by molar-refractivity contribution is 6.01. The minimum atomic E-state index is -0.820. The van der Waals surface area contributed by atoms with Crippen molar-refractivity contribution in [1.29, 1.82) is 0 Å². The molecular formula is C34H62O5. The second-order valence-corrected chi connectivity index (χ2v) is 11.3. The highest BCUT2D eigenvalue weighted by Gasteiger charge is 2.19. The molecule has 0 amide bonds. The number of carbonyl (C=O) groups is 2. The zero-order valence-electron chi connectivity index (χ0n) is 25.7. The smallest absolute Gasteiger partial charge is 0.344 e. The fourth-order valence-electron chi connectivity index (χ4n) is 4.97. The van der Waals surface area contributed by atoms with E-state index >= 15 is 0 Å². The summed E-state index contributed by atoms with van der Waals surface area (Å²) in [6.45, 7) is 4.49. The van der Waals surface area contributed by atoms with E-state index < -0.39 is 11.9 Å². The van der Waals surface area contributed by atoms with Crippen molar-refractivity contribution in [3.8, 4) is 0 Å². The van der Waals surface area contributed by atoms with Gasteiger partial charge in [0.05, 0.1) is 23.7 Å². The first-order valence-electron chi connectivity index (χ1n) is 16.5. The lowest BCUT2D eigenvalue weighted by molar-refractivity contribution is -0.154. The Bertz CT molecular complexity index is 583. The molecule has 0 rings (SSSR count). The van der Waals surface area contributed by atoms with Crippen molar-refractivity contribution in [2.45, 2.75) is 181 Å². The number of hydrogen-bond acceptors (Lipinski definition) is 5. The Hall–Kier alpha value is -1.78. The standard InChI is InChI=1S/C34H62O5/c1-3-5-7-9-11-13-15-17-19-21-23-25-27-31(29-35)33(37)39-34(38)32(30-36)28-26-24-22-20-18-16-14-12-10-8-6-4-2/h29-30,35-36H,3-28H2,1-2H3. The quantitative estimate of drug-likeness (QED) is 0.0333. The van der Waals surface area contributed by atoms with E-state index in [0.29, 0.717) is 12.8 Å². The second-order valence-electron chi connectivity index (χ2n) is 11.3. The molecule has 0 spiro atoms. The van der Waals surface area contributed by atoms with Crippen LogP contribution in [0.5, 0.6) is 0 Å². The van der Waals surface area contributed by atoms with Crippen LogP contribution < -0.4 is 0 Å². The second kappa shape index (κ2) is 29.2. The molecule has 0 aliphatic rings. The van der Waals surface area contributed by atoms with Crippen LogP contribution in [0.2, 0.25) is 0 Å². The first-order valence-corrected chi connectivity index (χ1v) is 16.5. The normalized spacial score (nSPS) is 12.2. The molecule has 0 unspecified atom stereocenters. The molecule has 5 nitrogen and oxygen atoms in total. The third-order valence-corrected chi connectivity index (χ3v) is 7.62. The highest BCUT2D eigenvalue weighted by Crippen LogP contribution is 2.18. The summed E-state index contributed by atoms with van der Waals surface area (Å²) >= 11 is 0. The van der Waals surface area contributed by atoms with E-state index in [1.165, 1.54) is 116 Å². The van der Waals surface area contributed by atoms with Crippen LogP contribution >= 0.6 is 0 Å². The molecule has 2 N–H and O–H groups in total. The van der Waals surface area contributed by atoms with Gasteiger partial charge in [0.2, 0.25) is 0 Å². The van der Waals surface area contributed by atoms with Gasteiger partial charge < -0.3 is 14.9 Å². The summed E-state index contributed by atoms with van der Waals surface area (Å²) in [5, 5.41) is 18.9. The molecule has 0 heterocycles. The van der Waals surface area contributed by atoms with Crippen molar-refractivity contribution >= 4 is 11.9 Å². The fraction of sp³-hybridized carbons (Fsp3) is 0.824. The van der Waals surface area contributed by atoms with Crippen LogP contribution in [-0.4, -0.2) is 22.2 Å². The van der Waals surface area contributed by atoms with E-state index in [0.717, 1.165) is 51.0 Å². The Balaban J connectivity index is 3.88. The third kappa shape index (κ3) is 23.8. The minimum absolute atomic E-state index is 0.109. The number of esters is 2. The Morgan fingerprint density at radius 3 is 0.897 bits per heavy atom. The number of hydrogen-bond donors (Lipinski definition) is 2. The minimum Gasteiger partial charge on any atom is -0.515 e. The predicted molar refractivity (Wildman–Crippen MR) is 164 cm³/mol. The van der Waals surface area contributed by atoms with Crippen LogP contribution in [0, 0.1) is 0 Å². The maximum atomic E-state index is 12.3. The first kappa shape index (κ1) is 37.2. The molecule has 0 bridgehead atoms. The Labute approximate surface area is 240 Å². The number of rotatable bonds is 28. The topological polar surface area (TPSA) is 83.8 Å². The SMILES string of the molecule is CCCCCCCCCCCCCCC(=CO)C(=O)OC(=O)C(=CO)CCCCCCCCCCCCCC. The van der Waals surface area contributed by atoms with Crippen LogP contribution in [-0.2, 0) is 14.3 Å². The van der Waals surface area contributed by atoms with Crippen LogP contribution in [0.1, 0.15) is 181 Å². The molecule has 0 aromatic rings. The molecule has 0 saturated heterocycles. The van der Waals surface area contributed by atoms with Crippen LogP contribution in [0.25, 0.3) is 0 Å². The molecule has 0 fully saturated rings. The summed E-state index contributed by atoms with van der Waals surface area (Å²) in [5.74, 6) is -1.64.